The number of unbranched alkanes of at least 4 members (excludes halogenated alkanes) is 6. The van der Waals surface area contributed by atoms with Crippen molar-refractivity contribution < 1.29 is 4.79 Å². The van der Waals surface area contributed by atoms with Gasteiger partial charge >= 0.3 is 0 Å². The van der Waals surface area contributed by atoms with Crippen molar-refractivity contribution in [2.75, 3.05) is 0 Å². The summed E-state index contributed by atoms with van der Waals surface area (Å²) in [6.45, 7) is 3.91. The molecule has 0 aliphatic rings. The van der Waals surface area contributed by atoms with Crippen LogP contribution in [0.2, 0.25) is 0 Å². The van der Waals surface area contributed by atoms with Crippen LogP contribution >= 0.6 is 0 Å². The summed E-state index contributed by atoms with van der Waals surface area (Å²) >= 11 is 0. The first kappa shape index (κ1) is 14.9. The van der Waals surface area contributed by atoms with Gasteiger partial charge in [-0.15, -0.1) is 0 Å². The Morgan fingerprint density at radius 2 is 1.56 bits per heavy atom. The molecule has 0 fully saturated rings. The molecule has 100 valence electrons. The lowest BCUT2D eigenvalue weighted by Gasteiger charge is -2.06. The number of ketones is 1. The summed E-state index contributed by atoms with van der Waals surface area (Å²) in [5, 5.41) is 0. The Hall–Kier alpha value is -1.11. The maximum atomic E-state index is 11.5. The van der Waals surface area contributed by atoms with E-state index < -0.39 is 0 Å². The van der Waals surface area contributed by atoms with Crippen LogP contribution in [0.1, 0.15) is 74.7 Å². The number of Topliss-reactive ketones (excluding diaryl/α,β-unsaturated/α-hetero) is 1. The molecule has 0 N–H and O–H groups in total. The number of rotatable bonds is 9. The van der Waals surface area contributed by atoms with Crippen molar-refractivity contribution in [2.24, 2.45) is 0 Å². The smallest absolute Gasteiger partial charge is 0.160 e. The van der Waals surface area contributed by atoms with Crippen molar-refractivity contribution in [2.45, 2.75) is 65.2 Å². The van der Waals surface area contributed by atoms with Gasteiger partial charge < -0.3 is 0 Å². The molecule has 0 aliphatic heterocycles. The van der Waals surface area contributed by atoms with Crippen LogP contribution in [0.25, 0.3) is 0 Å². The molecule has 0 bridgehead atoms. The van der Waals surface area contributed by atoms with Crippen LogP contribution in [-0.4, -0.2) is 5.78 Å². The van der Waals surface area contributed by atoms with Gasteiger partial charge in [0.15, 0.2) is 5.78 Å². The summed E-state index contributed by atoms with van der Waals surface area (Å²) in [4.78, 5) is 11.5. The van der Waals surface area contributed by atoms with Crippen LogP contribution in [-0.2, 0) is 6.42 Å². The number of hydrogen-bond donors (Lipinski definition) is 0. The average Bonchev–Trinajstić information content (AvgIpc) is 2.38. The van der Waals surface area contributed by atoms with E-state index >= 15 is 0 Å². The van der Waals surface area contributed by atoms with Crippen LogP contribution in [0.3, 0.4) is 0 Å². The zero-order valence-electron chi connectivity index (χ0n) is 11.9. The summed E-state index contributed by atoms with van der Waals surface area (Å²) in [5.41, 5.74) is 2.13. The predicted octanol–water partition coefficient (Wildman–Crippen LogP) is 5.18. The van der Waals surface area contributed by atoms with E-state index in [0.717, 1.165) is 12.0 Å². The summed E-state index contributed by atoms with van der Waals surface area (Å²) in [7, 11) is 0. The molecule has 1 nitrogen and oxygen atoms in total. The minimum atomic E-state index is 0.188. The van der Waals surface area contributed by atoms with E-state index in [-0.39, 0.29) is 5.78 Å². The quantitative estimate of drug-likeness (QED) is 0.433. The summed E-state index contributed by atoms with van der Waals surface area (Å²) in [5.74, 6) is 0.188. The zero-order valence-corrected chi connectivity index (χ0v) is 11.9. The topological polar surface area (TPSA) is 17.1 Å². The van der Waals surface area contributed by atoms with E-state index in [4.69, 9.17) is 0 Å². The largest absolute Gasteiger partial charge is 0.295 e. The molecule has 1 heteroatoms. The van der Waals surface area contributed by atoms with Gasteiger partial charge in [-0.1, -0.05) is 69.7 Å². The van der Waals surface area contributed by atoms with Crippen molar-refractivity contribution in [1.29, 1.82) is 0 Å². The molecule has 0 atom stereocenters. The monoisotopic (exact) mass is 246 g/mol. The Bertz CT molecular complexity index is 354. The second-order valence-corrected chi connectivity index (χ2v) is 5.08. The first-order chi connectivity index (χ1) is 8.75. The van der Waals surface area contributed by atoms with E-state index in [0.29, 0.717) is 0 Å². The van der Waals surface area contributed by atoms with Gasteiger partial charge in [0.25, 0.3) is 0 Å². The zero-order chi connectivity index (χ0) is 13.2. The van der Waals surface area contributed by atoms with E-state index in [1.165, 1.54) is 50.5 Å². The number of carbonyl (C=O) groups is 1. The SMILES string of the molecule is CCCCCCCCCc1ccccc1C(C)=O. The normalized spacial score (nSPS) is 10.6. The van der Waals surface area contributed by atoms with Gasteiger partial charge in [-0.25, -0.2) is 0 Å². The number of aryl methyl sites for hydroxylation is 1. The molecule has 1 aromatic carbocycles. The van der Waals surface area contributed by atoms with E-state index in [1.54, 1.807) is 6.92 Å². The van der Waals surface area contributed by atoms with E-state index in [9.17, 15) is 4.79 Å². The highest BCUT2D eigenvalue weighted by Crippen LogP contribution is 2.14. The van der Waals surface area contributed by atoms with Crippen LogP contribution in [0, 0.1) is 0 Å². The molecule has 0 aliphatic carbocycles. The molecule has 0 heterocycles. The summed E-state index contributed by atoms with van der Waals surface area (Å²) in [6.07, 6.45) is 10.3. The molecular weight excluding hydrogens is 220 g/mol. The molecule has 0 spiro atoms. The van der Waals surface area contributed by atoms with Crippen LogP contribution in [0.4, 0.5) is 0 Å². The molecule has 0 unspecified atom stereocenters. The van der Waals surface area contributed by atoms with Gasteiger partial charge in [0.05, 0.1) is 0 Å². The molecule has 1 rings (SSSR count). The molecular formula is C17H26O. The molecule has 0 radical (unpaired) electrons. The third kappa shape index (κ3) is 5.48. The van der Waals surface area contributed by atoms with Gasteiger partial charge in [0, 0.05) is 5.56 Å². The van der Waals surface area contributed by atoms with Gasteiger partial charge in [-0.3, -0.25) is 4.79 Å². The van der Waals surface area contributed by atoms with Crippen molar-refractivity contribution in [3.63, 3.8) is 0 Å². The third-order valence-electron chi connectivity index (χ3n) is 3.45. The Balaban J connectivity index is 2.25. The average molecular weight is 246 g/mol. The third-order valence-corrected chi connectivity index (χ3v) is 3.45. The first-order valence-corrected chi connectivity index (χ1v) is 7.34. The van der Waals surface area contributed by atoms with Gasteiger partial charge in [0.2, 0.25) is 0 Å². The lowest BCUT2D eigenvalue weighted by atomic mass is 9.98. The van der Waals surface area contributed by atoms with Crippen molar-refractivity contribution in [1.82, 2.24) is 0 Å². The van der Waals surface area contributed by atoms with E-state index in [1.807, 2.05) is 18.2 Å². The highest BCUT2D eigenvalue weighted by atomic mass is 16.1. The fourth-order valence-electron chi connectivity index (χ4n) is 2.35. The maximum absolute atomic E-state index is 11.5. The Labute approximate surface area is 112 Å². The molecule has 0 saturated carbocycles. The Morgan fingerprint density at radius 1 is 0.944 bits per heavy atom. The van der Waals surface area contributed by atoms with Gasteiger partial charge in [0.1, 0.15) is 0 Å². The minimum Gasteiger partial charge on any atom is -0.295 e. The molecule has 0 amide bonds. The number of hydrogen-bond acceptors (Lipinski definition) is 1. The number of benzene rings is 1. The first-order valence-electron chi connectivity index (χ1n) is 7.34. The molecule has 18 heavy (non-hydrogen) atoms. The summed E-state index contributed by atoms with van der Waals surface area (Å²) in [6, 6.07) is 8.01. The number of carbonyl (C=O) groups excluding carboxylic acids is 1. The highest BCUT2D eigenvalue weighted by Gasteiger charge is 2.05. The van der Waals surface area contributed by atoms with Crippen molar-refractivity contribution >= 4 is 5.78 Å². The Morgan fingerprint density at radius 3 is 2.22 bits per heavy atom. The highest BCUT2D eigenvalue weighted by molar-refractivity contribution is 5.95. The lowest BCUT2D eigenvalue weighted by Crippen LogP contribution is -1.99. The van der Waals surface area contributed by atoms with Crippen LogP contribution in [0.15, 0.2) is 24.3 Å². The van der Waals surface area contributed by atoms with Crippen molar-refractivity contribution in [3.05, 3.63) is 35.4 Å². The summed E-state index contributed by atoms with van der Waals surface area (Å²) < 4.78 is 0. The van der Waals surface area contributed by atoms with Gasteiger partial charge in [-0.2, -0.15) is 0 Å². The fourth-order valence-corrected chi connectivity index (χ4v) is 2.35. The van der Waals surface area contributed by atoms with E-state index in [2.05, 4.69) is 13.0 Å². The predicted molar refractivity (Wildman–Crippen MR) is 78.1 cm³/mol. The standard InChI is InChI=1S/C17H26O/c1-3-4-5-6-7-8-9-12-16-13-10-11-14-17(16)15(2)18/h10-11,13-14H,3-9,12H2,1-2H3. The maximum Gasteiger partial charge on any atom is 0.160 e. The molecule has 0 saturated heterocycles. The second kappa shape index (κ2) is 8.91. The minimum absolute atomic E-state index is 0.188. The Kier molecular flexibility index (Phi) is 7.40. The molecule has 1 aromatic rings. The fraction of sp³-hybridized carbons (Fsp3) is 0.588. The van der Waals surface area contributed by atoms with Crippen LogP contribution < -0.4 is 0 Å². The lowest BCUT2D eigenvalue weighted by molar-refractivity contribution is 0.101. The van der Waals surface area contributed by atoms with Crippen molar-refractivity contribution in [3.8, 4) is 0 Å². The second-order valence-electron chi connectivity index (χ2n) is 5.08. The molecule has 0 aromatic heterocycles. The van der Waals surface area contributed by atoms with Gasteiger partial charge in [-0.05, 0) is 25.3 Å². The van der Waals surface area contributed by atoms with Crippen LogP contribution in [0.5, 0.6) is 0 Å².